The summed E-state index contributed by atoms with van der Waals surface area (Å²) >= 11 is 1.00. The Bertz CT molecular complexity index is 584. The van der Waals surface area contributed by atoms with Gasteiger partial charge in [-0.2, -0.15) is 13.2 Å². The molecule has 2 N–H and O–H groups in total. The predicted molar refractivity (Wildman–Crippen MR) is 59.3 cm³/mol. The molecule has 1 heterocycles. The van der Waals surface area contributed by atoms with E-state index >= 15 is 0 Å². The first kappa shape index (κ1) is 13.7. The van der Waals surface area contributed by atoms with Gasteiger partial charge in [-0.05, 0) is 18.2 Å². The second-order valence-electron chi connectivity index (χ2n) is 3.41. The van der Waals surface area contributed by atoms with Crippen molar-refractivity contribution < 1.29 is 22.3 Å². The molecule has 0 unspecified atom stereocenters. The van der Waals surface area contributed by atoms with Gasteiger partial charge >= 0.3 is 6.18 Å². The smallest absolute Gasteiger partial charge is 0.419 e. The lowest BCUT2D eigenvalue weighted by Gasteiger charge is -2.09. The summed E-state index contributed by atoms with van der Waals surface area (Å²) in [5.74, 6) is -1.53. The maximum Gasteiger partial charge on any atom is 0.419 e. The molecule has 0 aliphatic carbocycles. The minimum atomic E-state index is -4.78. The average molecular weight is 293 g/mol. The van der Waals surface area contributed by atoms with Crippen LogP contribution < -0.4 is 10.5 Å². The average Bonchev–Trinajstić information content (AvgIpc) is 2.78. The number of nitrogens with two attached hydrogens (primary N) is 1. The largest absolute Gasteiger partial charge is 0.430 e. The van der Waals surface area contributed by atoms with Crippen LogP contribution >= 0.6 is 11.3 Å². The highest BCUT2D eigenvalue weighted by atomic mass is 32.1. The summed E-state index contributed by atoms with van der Waals surface area (Å²) in [6.45, 7) is 0.151. The standard InChI is InChI=1S/C10H7F4N3OS/c11-7-2-1-5(3-6(7)10(12,13)14)18-9-17-16-8(4-15)19-9/h1-3H,4,15H2. The summed E-state index contributed by atoms with van der Waals surface area (Å²) in [4.78, 5) is 0. The Morgan fingerprint density at radius 2 is 2.00 bits per heavy atom. The molecule has 0 aliphatic heterocycles. The Morgan fingerprint density at radius 3 is 2.58 bits per heavy atom. The number of ether oxygens (including phenoxy) is 1. The fraction of sp³-hybridized carbons (Fsp3) is 0.200. The molecule has 102 valence electrons. The van der Waals surface area contributed by atoms with E-state index in [1.54, 1.807) is 0 Å². The molecule has 1 aromatic carbocycles. The van der Waals surface area contributed by atoms with Crippen LogP contribution in [0.5, 0.6) is 10.9 Å². The molecule has 0 amide bonds. The summed E-state index contributed by atoms with van der Waals surface area (Å²) in [5.41, 5.74) is 3.92. The highest BCUT2D eigenvalue weighted by Gasteiger charge is 2.34. The molecule has 19 heavy (non-hydrogen) atoms. The van der Waals surface area contributed by atoms with Crippen LogP contribution in [0.25, 0.3) is 0 Å². The Labute approximate surface area is 108 Å². The lowest BCUT2D eigenvalue weighted by molar-refractivity contribution is -0.140. The van der Waals surface area contributed by atoms with Crippen LogP contribution in [0, 0.1) is 5.82 Å². The Morgan fingerprint density at radius 1 is 1.26 bits per heavy atom. The van der Waals surface area contributed by atoms with Crippen LogP contribution in [0.1, 0.15) is 10.6 Å². The van der Waals surface area contributed by atoms with E-state index in [-0.39, 0.29) is 17.5 Å². The van der Waals surface area contributed by atoms with Crippen LogP contribution in [-0.4, -0.2) is 10.2 Å². The first-order chi connectivity index (χ1) is 8.90. The topological polar surface area (TPSA) is 61.0 Å². The first-order valence-electron chi connectivity index (χ1n) is 4.97. The molecule has 0 aliphatic rings. The summed E-state index contributed by atoms with van der Waals surface area (Å²) in [7, 11) is 0. The maximum absolute atomic E-state index is 13.0. The van der Waals surface area contributed by atoms with E-state index in [2.05, 4.69) is 10.2 Å². The second-order valence-corrected chi connectivity index (χ2v) is 4.43. The summed E-state index contributed by atoms with van der Waals surface area (Å²) < 4.78 is 55.6. The van der Waals surface area contributed by atoms with Crippen molar-refractivity contribution in [1.29, 1.82) is 0 Å². The number of rotatable bonds is 3. The molecular weight excluding hydrogens is 286 g/mol. The fourth-order valence-electron chi connectivity index (χ4n) is 1.25. The van der Waals surface area contributed by atoms with Crippen molar-refractivity contribution in [3.8, 4) is 10.9 Å². The first-order valence-corrected chi connectivity index (χ1v) is 5.79. The lowest BCUT2D eigenvalue weighted by atomic mass is 10.2. The zero-order chi connectivity index (χ0) is 14.0. The van der Waals surface area contributed by atoms with Gasteiger partial charge in [-0.25, -0.2) is 4.39 Å². The van der Waals surface area contributed by atoms with Crippen LogP contribution in [0.4, 0.5) is 17.6 Å². The van der Waals surface area contributed by atoms with Crippen molar-refractivity contribution in [3.63, 3.8) is 0 Å². The molecule has 0 spiro atoms. The van der Waals surface area contributed by atoms with Gasteiger partial charge in [-0.1, -0.05) is 16.4 Å². The molecule has 2 aromatic rings. The van der Waals surface area contributed by atoms with Gasteiger partial charge in [0.2, 0.25) is 0 Å². The van der Waals surface area contributed by atoms with Crippen LogP contribution in [-0.2, 0) is 12.7 Å². The second kappa shape index (κ2) is 5.10. The monoisotopic (exact) mass is 293 g/mol. The van der Waals surface area contributed by atoms with Crippen molar-refractivity contribution in [2.75, 3.05) is 0 Å². The van der Waals surface area contributed by atoms with Gasteiger partial charge < -0.3 is 10.5 Å². The normalized spacial score (nSPS) is 11.6. The van der Waals surface area contributed by atoms with Gasteiger partial charge in [-0.3, -0.25) is 0 Å². The number of halogens is 4. The number of hydrogen-bond acceptors (Lipinski definition) is 5. The van der Waals surface area contributed by atoms with Gasteiger partial charge in [0.25, 0.3) is 5.19 Å². The number of nitrogens with zero attached hydrogens (tertiary/aromatic N) is 2. The predicted octanol–water partition coefficient (Wildman–Crippen LogP) is 2.95. The molecular formula is C10H7F4N3OS. The fourth-order valence-corrected chi connectivity index (χ4v) is 1.83. The summed E-state index contributed by atoms with van der Waals surface area (Å²) in [5, 5.41) is 7.75. The van der Waals surface area contributed by atoms with Gasteiger partial charge in [0, 0.05) is 6.54 Å². The van der Waals surface area contributed by atoms with E-state index < -0.39 is 17.6 Å². The SMILES string of the molecule is NCc1nnc(Oc2ccc(F)c(C(F)(F)F)c2)s1. The van der Waals surface area contributed by atoms with E-state index in [1.807, 2.05) is 0 Å². The van der Waals surface area contributed by atoms with Crippen LogP contribution in [0.15, 0.2) is 18.2 Å². The molecule has 0 fully saturated rings. The third-order valence-corrected chi connectivity index (χ3v) is 2.89. The van der Waals surface area contributed by atoms with Crippen molar-refractivity contribution in [2.24, 2.45) is 5.73 Å². The van der Waals surface area contributed by atoms with E-state index in [9.17, 15) is 17.6 Å². The molecule has 9 heteroatoms. The van der Waals surface area contributed by atoms with E-state index in [0.717, 1.165) is 17.4 Å². The van der Waals surface area contributed by atoms with E-state index in [4.69, 9.17) is 10.5 Å². The Kier molecular flexibility index (Phi) is 3.67. The van der Waals surface area contributed by atoms with Gasteiger partial charge in [-0.15, -0.1) is 5.10 Å². The highest BCUT2D eigenvalue weighted by Crippen LogP contribution is 2.35. The minimum absolute atomic E-state index is 0.0418. The lowest BCUT2D eigenvalue weighted by Crippen LogP contribution is -2.08. The number of hydrogen-bond donors (Lipinski definition) is 1. The van der Waals surface area contributed by atoms with Crippen LogP contribution in [0.2, 0.25) is 0 Å². The Hall–Kier alpha value is -1.74. The molecule has 0 atom stereocenters. The van der Waals surface area contributed by atoms with Crippen LogP contribution in [0.3, 0.4) is 0 Å². The molecule has 0 radical (unpaired) electrons. The zero-order valence-corrected chi connectivity index (χ0v) is 10.1. The number of aromatic nitrogens is 2. The van der Waals surface area contributed by atoms with Gasteiger partial charge in [0.1, 0.15) is 16.6 Å². The molecule has 0 saturated carbocycles. The van der Waals surface area contributed by atoms with Gasteiger partial charge in [0.05, 0.1) is 5.56 Å². The summed E-state index contributed by atoms with van der Waals surface area (Å²) in [6.07, 6.45) is -4.78. The molecule has 0 saturated heterocycles. The third-order valence-electron chi connectivity index (χ3n) is 2.07. The molecule has 1 aromatic heterocycles. The molecule has 4 nitrogen and oxygen atoms in total. The molecule has 2 rings (SSSR count). The van der Waals surface area contributed by atoms with Crippen molar-refractivity contribution in [1.82, 2.24) is 10.2 Å². The minimum Gasteiger partial charge on any atom is -0.430 e. The van der Waals surface area contributed by atoms with E-state index in [0.29, 0.717) is 17.1 Å². The maximum atomic E-state index is 13.0. The zero-order valence-electron chi connectivity index (χ0n) is 9.24. The number of alkyl halides is 3. The Balaban J connectivity index is 2.26. The third kappa shape index (κ3) is 3.18. The van der Waals surface area contributed by atoms with Crippen molar-refractivity contribution in [2.45, 2.75) is 12.7 Å². The quantitative estimate of drug-likeness (QED) is 0.884. The summed E-state index contributed by atoms with van der Waals surface area (Å²) in [6, 6.07) is 2.33. The van der Waals surface area contributed by atoms with Crippen molar-refractivity contribution >= 4 is 11.3 Å². The molecule has 0 bridgehead atoms. The van der Waals surface area contributed by atoms with E-state index in [1.165, 1.54) is 0 Å². The van der Waals surface area contributed by atoms with Crippen molar-refractivity contribution in [3.05, 3.63) is 34.6 Å². The van der Waals surface area contributed by atoms with Gasteiger partial charge in [0.15, 0.2) is 0 Å². The number of benzene rings is 1. The highest BCUT2D eigenvalue weighted by molar-refractivity contribution is 7.13.